The minimum atomic E-state index is 0.184. The molecule has 1 aromatic rings. The summed E-state index contributed by atoms with van der Waals surface area (Å²) in [5.41, 5.74) is 14.8. The van der Waals surface area contributed by atoms with E-state index in [1.165, 1.54) is 25.9 Å². The Morgan fingerprint density at radius 2 is 1.74 bits per heavy atom. The lowest BCUT2D eigenvalue weighted by molar-refractivity contribution is -0.0324. The lowest BCUT2D eigenvalue weighted by Crippen LogP contribution is -2.68. The Hall–Kier alpha value is -2.42. The fourth-order valence-corrected chi connectivity index (χ4v) is 5.47. The number of allylic oxidation sites excluding steroid dienone is 1. The molecule has 31 heavy (non-hydrogen) atoms. The predicted octanol–water partition coefficient (Wildman–Crippen LogP) is -0.155. The van der Waals surface area contributed by atoms with E-state index in [9.17, 15) is 5.11 Å². The Balaban J connectivity index is 1.23. The SMILES string of the molecule is NC1=C(/C=C(\N)c2ccccc2O)N2CCN(C3CN(C4CCNCC4)C3)CC2CN1. The third-order valence-corrected chi connectivity index (χ3v) is 7.37. The van der Waals surface area contributed by atoms with E-state index >= 15 is 0 Å². The zero-order chi connectivity index (χ0) is 21.4. The van der Waals surface area contributed by atoms with Crippen molar-refractivity contribution >= 4 is 5.70 Å². The fourth-order valence-electron chi connectivity index (χ4n) is 5.47. The highest BCUT2D eigenvalue weighted by atomic mass is 16.3. The first kappa shape index (κ1) is 20.5. The van der Waals surface area contributed by atoms with E-state index in [-0.39, 0.29) is 5.75 Å². The number of aromatic hydroxyl groups is 1. The van der Waals surface area contributed by atoms with Crippen LogP contribution in [-0.4, -0.2) is 90.3 Å². The quantitative estimate of drug-likeness (QED) is 0.453. The van der Waals surface area contributed by atoms with Crippen molar-refractivity contribution in [3.05, 3.63) is 47.4 Å². The van der Waals surface area contributed by atoms with Crippen LogP contribution in [0.3, 0.4) is 0 Å². The first-order valence-corrected chi connectivity index (χ1v) is 11.5. The van der Waals surface area contributed by atoms with Crippen molar-refractivity contribution in [2.45, 2.75) is 31.0 Å². The van der Waals surface area contributed by atoms with Gasteiger partial charge < -0.3 is 32.1 Å². The van der Waals surface area contributed by atoms with Crippen molar-refractivity contribution in [3.63, 3.8) is 0 Å². The van der Waals surface area contributed by atoms with E-state index < -0.39 is 0 Å². The molecule has 168 valence electrons. The van der Waals surface area contributed by atoms with E-state index in [2.05, 4.69) is 25.3 Å². The summed E-state index contributed by atoms with van der Waals surface area (Å²) in [5, 5.41) is 17.0. The predicted molar refractivity (Wildman–Crippen MR) is 123 cm³/mol. The maximum atomic E-state index is 10.1. The molecular formula is C23H35N7O. The Bertz CT molecular complexity index is 857. The highest BCUT2D eigenvalue weighted by Gasteiger charge is 2.40. The van der Waals surface area contributed by atoms with Crippen molar-refractivity contribution in [2.75, 3.05) is 52.4 Å². The summed E-state index contributed by atoms with van der Waals surface area (Å²) >= 11 is 0. The van der Waals surface area contributed by atoms with Crippen LogP contribution in [0, 0.1) is 0 Å². The molecule has 4 heterocycles. The summed E-state index contributed by atoms with van der Waals surface area (Å²) in [5.74, 6) is 0.840. The smallest absolute Gasteiger partial charge is 0.124 e. The number of piperazine rings is 1. The molecule has 4 aliphatic rings. The highest BCUT2D eigenvalue weighted by molar-refractivity contribution is 5.70. The number of nitrogens with zero attached hydrogens (tertiary/aromatic N) is 3. The maximum Gasteiger partial charge on any atom is 0.124 e. The van der Waals surface area contributed by atoms with Gasteiger partial charge >= 0.3 is 0 Å². The number of benzene rings is 1. The van der Waals surface area contributed by atoms with Gasteiger partial charge in [0, 0.05) is 62.6 Å². The topological polar surface area (TPSA) is 106 Å². The first-order valence-electron chi connectivity index (χ1n) is 11.5. The van der Waals surface area contributed by atoms with Crippen LogP contribution in [0.1, 0.15) is 18.4 Å². The van der Waals surface area contributed by atoms with Gasteiger partial charge in [-0.05, 0) is 44.1 Å². The van der Waals surface area contributed by atoms with Gasteiger partial charge in [0.05, 0.1) is 11.7 Å². The van der Waals surface area contributed by atoms with Crippen LogP contribution in [0.25, 0.3) is 5.70 Å². The molecule has 0 spiro atoms. The van der Waals surface area contributed by atoms with Crippen molar-refractivity contribution in [3.8, 4) is 5.75 Å². The molecule has 1 aromatic carbocycles. The van der Waals surface area contributed by atoms with Gasteiger partial charge in [0.1, 0.15) is 11.6 Å². The molecule has 3 fully saturated rings. The molecule has 1 unspecified atom stereocenters. The van der Waals surface area contributed by atoms with E-state index in [1.54, 1.807) is 12.1 Å². The number of nitrogens with one attached hydrogen (secondary N) is 2. The van der Waals surface area contributed by atoms with Crippen LogP contribution < -0.4 is 22.1 Å². The lowest BCUT2D eigenvalue weighted by atomic mass is 9.96. The summed E-state index contributed by atoms with van der Waals surface area (Å²) in [7, 11) is 0. The van der Waals surface area contributed by atoms with Crippen molar-refractivity contribution in [1.82, 2.24) is 25.3 Å². The number of fused-ring (bicyclic) bond motifs is 1. The Morgan fingerprint density at radius 1 is 1.00 bits per heavy atom. The number of para-hydroxylation sites is 1. The zero-order valence-electron chi connectivity index (χ0n) is 18.1. The van der Waals surface area contributed by atoms with Crippen LogP contribution in [0.4, 0.5) is 0 Å². The molecule has 0 bridgehead atoms. The van der Waals surface area contributed by atoms with Crippen molar-refractivity contribution in [1.29, 1.82) is 0 Å². The monoisotopic (exact) mass is 425 g/mol. The molecule has 7 N–H and O–H groups in total. The largest absolute Gasteiger partial charge is 0.507 e. The van der Waals surface area contributed by atoms with E-state index in [0.717, 1.165) is 51.0 Å². The number of phenols is 1. The van der Waals surface area contributed by atoms with Gasteiger partial charge in [0.15, 0.2) is 0 Å². The number of nitrogens with two attached hydrogens (primary N) is 2. The second kappa shape index (κ2) is 8.61. The number of rotatable bonds is 4. The number of piperidine rings is 1. The van der Waals surface area contributed by atoms with Gasteiger partial charge in [-0.1, -0.05) is 12.1 Å². The fraction of sp³-hybridized carbons (Fsp3) is 0.565. The Kier molecular flexibility index (Phi) is 5.69. The van der Waals surface area contributed by atoms with Crippen molar-refractivity contribution < 1.29 is 5.11 Å². The van der Waals surface area contributed by atoms with E-state index in [0.29, 0.717) is 29.2 Å². The standard InChI is InChI=1S/C23H35N7O/c24-20(19-3-1-2-4-22(19)31)11-21-23(25)27-12-17-13-28(9-10-30(17)21)18-14-29(15-18)16-5-7-26-8-6-16/h1-4,11,16-18,26-27,31H,5-10,12-15,24-25H2/b20-11-. The minimum absolute atomic E-state index is 0.184. The van der Waals surface area contributed by atoms with E-state index in [4.69, 9.17) is 11.5 Å². The molecule has 8 heteroatoms. The second-order valence-corrected chi connectivity index (χ2v) is 9.23. The first-order chi connectivity index (χ1) is 15.1. The second-order valence-electron chi connectivity index (χ2n) is 9.23. The number of hydrogen-bond donors (Lipinski definition) is 5. The molecule has 0 amide bonds. The summed E-state index contributed by atoms with van der Waals surface area (Å²) in [6.07, 6.45) is 4.47. The molecule has 0 saturated carbocycles. The van der Waals surface area contributed by atoms with Crippen molar-refractivity contribution in [2.24, 2.45) is 11.5 Å². The highest BCUT2D eigenvalue weighted by Crippen LogP contribution is 2.29. The summed E-state index contributed by atoms with van der Waals surface area (Å²) < 4.78 is 0. The number of likely N-dealkylation sites (tertiary alicyclic amines) is 1. The van der Waals surface area contributed by atoms with E-state index in [1.807, 2.05) is 18.2 Å². The van der Waals surface area contributed by atoms with Crippen LogP contribution >= 0.6 is 0 Å². The molecular weight excluding hydrogens is 390 g/mol. The Morgan fingerprint density at radius 3 is 2.52 bits per heavy atom. The van der Waals surface area contributed by atoms with Gasteiger partial charge in [-0.2, -0.15) is 0 Å². The molecule has 4 aliphatic heterocycles. The summed E-state index contributed by atoms with van der Waals surface area (Å²) in [6.45, 7) is 8.60. The van der Waals surface area contributed by atoms with Gasteiger partial charge in [0.25, 0.3) is 0 Å². The van der Waals surface area contributed by atoms with Gasteiger partial charge in [-0.15, -0.1) is 0 Å². The molecule has 8 nitrogen and oxygen atoms in total. The molecule has 1 atom stereocenters. The van der Waals surface area contributed by atoms with Gasteiger partial charge in [-0.25, -0.2) is 0 Å². The van der Waals surface area contributed by atoms with Crippen LogP contribution in [0.5, 0.6) is 5.75 Å². The molecule has 5 rings (SSSR count). The summed E-state index contributed by atoms with van der Waals surface area (Å²) in [6, 6.07) is 8.97. The molecule has 0 radical (unpaired) electrons. The van der Waals surface area contributed by atoms with Crippen LogP contribution in [-0.2, 0) is 0 Å². The normalized spacial score (nSPS) is 27.0. The van der Waals surface area contributed by atoms with Crippen LogP contribution in [0.15, 0.2) is 41.9 Å². The lowest BCUT2D eigenvalue weighted by Gasteiger charge is -2.54. The Labute approximate surface area is 184 Å². The molecule has 3 saturated heterocycles. The maximum absolute atomic E-state index is 10.1. The van der Waals surface area contributed by atoms with Gasteiger partial charge in [-0.3, -0.25) is 9.80 Å². The third kappa shape index (κ3) is 4.07. The summed E-state index contributed by atoms with van der Waals surface area (Å²) in [4.78, 5) is 7.73. The number of hydrogen-bond acceptors (Lipinski definition) is 8. The average molecular weight is 426 g/mol. The average Bonchev–Trinajstić information content (AvgIpc) is 2.76. The zero-order valence-corrected chi connectivity index (χ0v) is 18.1. The molecule has 0 aliphatic carbocycles. The minimum Gasteiger partial charge on any atom is -0.507 e. The number of phenolic OH excluding ortho intramolecular Hbond substituents is 1. The molecule has 0 aromatic heterocycles. The third-order valence-electron chi connectivity index (χ3n) is 7.37. The van der Waals surface area contributed by atoms with Crippen LogP contribution in [0.2, 0.25) is 0 Å². The van der Waals surface area contributed by atoms with Gasteiger partial charge in [0.2, 0.25) is 0 Å².